The van der Waals surface area contributed by atoms with Crippen molar-refractivity contribution < 1.29 is 18.3 Å². The highest BCUT2D eigenvalue weighted by Gasteiger charge is 2.30. The predicted octanol–water partition coefficient (Wildman–Crippen LogP) is 7.64. The van der Waals surface area contributed by atoms with Gasteiger partial charge in [0, 0.05) is 25.2 Å². The summed E-state index contributed by atoms with van der Waals surface area (Å²) in [5, 5.41) is 9.83. The zero-order valence-electron chi connectivity index (χ0n) is 18.6. The van der Waals surface area contributed by atoms with Gasteiger partial charge in [-0.3, -0.25) is 0 Å². The largest absolute Gasteiger partial charge is 0.508 e. The number of halogens is 3. The minimum absolute atomic E-state index is 0.298. The van der Waals surface area contributed by atoms with Crippen LogP contribution in [0.25, 0.3) is 5.57 Å². The summed E-state index contributed by atoms with van der Waals surface area (Å²) in [7, 11) is 0. The van der Waals surface area contributed by atoms with Crippen molar-refractivity contribution in [2.75, 3.05) is 6.54 Å². The van der Waals surface area contributed by atoms with Gasteiger partial charge in [0.05, 0.1) is 5.56 Å². The summed E-state index contributed by atoms with van der Waals surface area (Å²) >= 11 is 0. The lowest BCUT2D eigenvalue weighted by Gasteiger charge is -2.27. The molecule has 0 radical (unpaired) electrons. The first kappa shape index (κ1) is 23.7. The molecule has 0 fully saturated rings. The van der Waals surface area contributed by atoms with Crippen LogP contribution in [0, 0.1) is 6.92 Å². The molecule has 0 saturated heterocycles. The summed E-state index contributed by atoms with van der Waals surface area (Å²) in [6, 6.07) is 11.0. The van der Waals surface area contributed by atoms with E-state index in [1.807, 2.05) is 31.2 Å². The Hall–Kier alpha value is -2.95. The molecule has 2 aromatic rings. The molecule has 5 heteroatoms. The molecule has 1 aliphatic rings. The smallest absolute Gasteiger partial charge is 0.416 e. The Kier molecular flexibility index (Phi) is 7.84. The van der Waals surface area contributed by atoms with Crippen LogP contribution in [0.15, 0.2) is 72.5 Å². The fourth-order valence-electron chi connectivity index (χ4n) is 3.83. The molecule has 0 atom stereocenters. The van der Waals surface area contributed by atoms with Crippen molar-refractivity contribution in [3.63, 3.8) is 0 Å². The molecule has 0 amide bonds. The molecular formula is C27H30F3NO. The Labute approximate surface area is 188 Å². The molecule has 0 aromatic heterocycles. The van der Waals surface area contributed by atoms with Crippen LogP contribution in [0.4, 0.5) is 13.2 Å². The average Bonchev–Trinajstić information content (AvgIpc) is 3.01. The number of hydrogen-bond acceptors (Lipinski definition) is 2. The average molecular weight is 442 g/mol. The predicted molar refractivity (Wildman–Crippen MR) is 124 cm³/mol. The van der Waals surface area contributed by atoms with E-state index in [0.717, 1.165) is 66.7 Å². The molecule has 1 N–H and O–H groups in total. The Bertz CT molecular complexity index is 1000. The molecule has 1 aliphatic carbocycles. The molecule has 3 rings (SSSR count). The van der Waals surface area contributed by atoms with Gasteiger partial charge in [-0.15, -0.1) is 0 Å². The SMILES string of the molecule is CCCCCN(Cc1ccc(O)c(C)c1)C1=CC=CC(c2ccc(C(F)(F)F)cc2)=CC1. The Morgan fingerprint density at radius 3 is 2.44 bits per heavy atom. The van der Waals surface area contributed by atoms with Gasteiger partial charge in [0.15, 0.2) is 0 Å². The number of allylic oxidation sites excluding steroid dienone is 5. The van der Waals surface area contributed by atoms with Gasteiger partial charge in [0.2, 0.25) is 0 Å². The molecule has 0 spiro atoms. The summed E-state index contributed by atoms with van der Waals surface area (Å²) in [5.74, 6) is 0.298. The standard InChI is InChI=1S/C27H30F3NO/c1-3-4-5-17-31(19-21-9-16-26(32)20(2)18-21)25-8-6-7-22(12-15-25)23-10-13-24(14-11-23)27(28,29)30/h6-14,16,18,32H,3-5,15,17,19H2,1-2H3. The molecular weight excluding hydrogens is 411 g/mol. The highest BCUT2D eigenvalue weighted by Crippen LogP contribution is 2.31. The zero-order valence-corrected chi connectivity index (χ0v) is 18.6. The van der Waals surface area contributed by atoms with E-state index in [9.17, 15) is 18.3 Å². The number of unbranched alkanes of at least 4 members (excludes halogenated alkanes) is 2. The van der Waals surface area contributed by atoms with Crippen molar-refractivity contribution in [2.45, 2.75) is 52.3 Å². The van der Waals surface area contributed by atoms with E-state index >= 15 is 0 Å². The van der Waals surface area contributed by atoms with Crippen LogP contribution in [0.2, 0.25) is 0 Å². The quantitative estimate of drug-likeness (QED) is 0.426. The van der Waals surface area contributed by atoms with Crippen molar-refractivity contribution >= 4 is 5.57 Å². The number of phenolic OH excluding ortho intramolecular Hbond substituents is 1. The molecule has 2 nitrogen and oxygen atoms in total. The number of nitrogens with zero attached hydrogens (tertiary/aromatic N) is 1. The lowest BCUT2D eigenvalue weighted by Crippen LogP contribution is -2.24. The van der Waals surface area contributed by atoms with E-state index in [1.54, 1.807) is 6.07 Å². The van der Waals surface area contributed by atoms with E-state index in [1.165, 1.54) is 17.8 Å². The van der Waals surface area contributed by atoms with Crippen molar-refractivity contribution in [1.29, 1.82) is 0 Å². The van der Waals surface area contributed by atoms with Crippen LogP contribution in [0.3, 0.4) is 0 Å². The van der Waals surface area contributed by atoms with Gasteiger partial charge in [0.25, 0.3) is 0 Å². The first-order chi connectivity index (χ1) is 15.3. The normalized spacial score (nSPS) is 14.0. The van der Waals surface area contributed by atoms with Crippen LogP contribution >= 0.6 is 0 Å². The lowest BCUT2D eigenvalue weighted by atomic mass is 10.0. The van der Waals surface area contributed by atoms with Gasteiger partial charge in [-0.1, -0.05) is 62.3 Å². The zero-order chi connectivity index (χ0) is 23.1. The van der Waals surface area contributed by atoms with Crippen LogP contribution in [-0.2, 0) is 12.7 Å². The second-order valence-electron chi connectivity index (χ2n) is 8.21. The molecule has 170 valence electrons. The third-order valence-corrected chi connectivity index (χ3v) is 5.71. The highest BCUT2D eigenvalue weighted by atomic mass is 19.4. The van der Waals surface area contributed by atoms with E-state index in [-0.39, 0.29) is 0 Å². The minimum atomic E-state index is -4.33. The Morgan fingerprint density at radius 2 is 1.78 bits per heavy atom. The summed E-state index contributed by atoms with van der Waals surface area (Å²) in [4.78, 5) is 2.36. The molecule has 0 saturated carbocycles. The van der Waals surface area contributed by atoms with Gasteiger partial charge >= 0.3 is 6.18 Å². The van der Waals surface area contributed by atoms with Crippen LogP contribution in [0.1, 0.15) is 54.9 Å². The Morgan fingerprint density at radius 1 is 1.03 bits per heavy atom. The second-order valence-corrected chi connectivity index (χ2v) is 8.21. The fraction of sp³-hybridized carbons (Fsp3) is 0.333. The molecule has 32 heavy (non-hydrogen) atoms. The number of rotatable bonds is 8. The molecule has 0 bridgehead atoms. The van der Waals surface area contributed by atoms with Gasteiger partial charge in [0.1, 0.15) is 5.75 Å². The summed E-state index contributed by atoms with van der Waals surface area (Å²) in [6.45, 7) is 5.75. The number of aryl methyl sites for hydroxylation is 1. The summed E-state index contributed by atoms with van der Waals surface area (Å²) in [5.41, 5.74) is 4.22. The third kappa shape index (κ3) is 6.28. The highest BCUT2D eigenvalue weighted by molar-refractivity contribution is 5.75. The maximum absolute atomic E-state index is 12.9. The number of aromatic hydroxyl groups is 1. The maximum Gasteiger partial charge on any atom is 0.416 e. The van der Waals surface area contributed by atoms with Crippen molar-refractivity contribution in [3.05, 3.63) is 94.7 Å². The first-order valence-corrected chi connectivity index (χ1v) is 11.1. The summed E-state index contributed by atoms with van der Waals surface area (Å²) in [6.07, 6.45) is 7.85. The van der Waals surface area contributed by atoms with Crippen LogP contribution in [-0.4, -0.2) is 16.6 Å². The van der Waals surface area contributed by atoms with Crippen molar-refractivity contribution in [1.82, 2.24) is 4.90 Å². The molecule has 0 heterocycles. The third-order valence-electron chi connectivity index (χ3n) is 5.71. The van der Waals surface area contributed by atoms with Gasteiger partial charge in [-0.2, -0.15) is 13.2 Å². The number of phenols is 1. The summed E-state index contributed by atoms with van der Waals surface area (Å²) < 4.78 is 38.6. The van der Waals surface area contributed by atoms with Gasteiger partial charge < -0.3 is 10.0 Å². The second kappa shape index (κ2) is 10.6. The Balaban J connectivity index is 1.77. The monoisotopic (exact) mass is 441 g/mol. The van der Waals surface area contributed by atoms with E-state index in [4.69, 9.17) is 0 Å². The maximum atomic E-state index is 12.9. The van der Waals surface area contributed by atoms with E-state index in [2.05, 4.69) is 24.0 Å². The van der Waals surface area contributed by atoms with E-state index < -0.39 is 11.7 Å². The first-order valence-electron chi connectivity index (χ1n) is 11.1. The van der Waals surface area contributed by atoms with E-state index in [0.29, 0.717) is 12.2 Å². The fourth-order valence-corrected chi connectivity index (χ4v) is 3.83. The van der Waals surface area contributed by atoms with Crippen LogP contribution < -0.4 is 0 Å². The minimum Gasteiger partial charge on any atom is -0.508 e. The van der Waals surface area contributed by atoms with Crippen molar-refractivity contribution in [2.24, 2.45) is 0 Å². The molecule has 2 aromatic carbocycles. The van der Waals surface area contributed by atoms with Gasteiger partial charge in [-0.25, -0.2) is 0 Å². The topological polar surface area (TPSA) is 23.5 Å². The number of alkyl halides is 3. The van der Waals surface area contributed by atoms with Gasteiger partial charge in [-0.05, 0) is 59.9 Å². The number of hydrogen-bond donors (Lipinski definition) is 1. The number of benzene rings is 2. The van der Waals surface area contributed by atoms with Crippen molar-refractivity contribution in [3.8, 4) is 5.75 Å². The molecule has 0 unspecified atom stereocenters. The lowest BCUT2D eigenvalue weighted by molar-refractivity contribution is -0.137. The van der Waals surface area contributed by atoms with Crippen LogP contribution in [0.5, 0.6) is 5.75 Å². The molecule has 0 aliphatic heterocycles.